The highest BCUT2D eigenvalue weighted by atomic mass is 32.2. The summed E-state index contributed by atoms with van der Waals surface area (Å²) in [5, 5.41) is 24.0. The van der Waals surface area contributed by atoms with E-state index < -0.39 is 0 Å². The number of carbonyl (C=O) groups is 1. The van der Waals surface area contributed by atoms with E-state index in [1.165, 1.54) is 25.1 Å². The molecule has 1 amide bonds. The quantitative estimate of drug-likeness (QED) is 0.214. The van der Waals surface area contributed by atoms with Crippen LogP contribution >= 0.6 is 11.8 Å². The molecule has 0 radical (unpaired) electrons. The molecule has 3 aromatic rings. The largest absolute Gasteiger partial charge is 0.504 e. The van der Waals surface area contributed by atoms with E-state index in [0.29, 0.717) is 29.0 Å². The predicted octanol–water partition coefficient (Wildman–Crippen LogP) is 2.38. The van der Waals surface area contributed by atoms with Gasteiger partial charge in [-0.2, -0.15) is 10.1 Å². The summed E-state index contributed by atoms with van der Waals surface area (Å²) in [6, 6.07) is 12.6. The second-order valence-electron chi connectivity index (χ2n) is 6.11. The molecule has 1 aromatic heterocycles. The maximum absolute atomic E-state index is 12.1. The van der Waals surface area contributed by atoms with Gasteiger partial charge in [0.25, 0.3) is 0 Å². The van der Waals surface area contributed by atoms with Crippen LogP contribution < -0.4 is 20.2 Å². The molecule has 31 heavy (non-hydrogen) atoms. The number of thioether (sulfide) groups is 1. The van der Waals surface area contributed by atoms with Crippen molar-refractivity contribution in [1.29, 1.82) is 0 Å². The van der Waals surface area contributed by atoms with Gasteiger partial charge in [0.05, 0.1) is 26.2 Å². The first-order valence-corrected chi connectivity index (χ1v) is 10.2. The van der Waals surface area contributed by atoms with Crippen molar-refractivity contribution < 1.29 is 19.4 Å². The van der Waals surface area contributed by atoms with Crippen LogP contribution in [-0.4, -0.2) is 52.4 Å². The van der Waals surface area contributed by atoms with Gasteiger partial charge >= 0.3 is 0 Å². The van der Waals surface area contributed by atoms with Crippen molar-refractivity contribution in [3.63, 3.8) is 0 Å². The summed E-state index contributed by atoms with van der Waals surface area (Å²) < 4.78 is 10.3. The molecule has 0 atom stereocenters. The van der Waals surface area contributed by atoms with Crippen LogP contribution in [-0.2, 0) is 11.3 Å². The van der Waals surface area contributed by atoms with Crippen LogP contribution in [0, 0.1) is 0 Å². The average molecular weight is 443 g/mol. The number of hydrazone groups is 1. The molecule has 4 N–H and O–H groups in total. The van der Waals surface area contributed by atoms with E-state index in [1.54, 1.807) is 25.3 Å². The second-order valence-corrected chi connectivity index (χ2v) is 7.05. The fourth-order valence-corrected chi connectivity index (χ4v) is 3.18. The number of methoxy groups -OCH3 is 2. The van der Waals surface area contributed by atoms with Gasteiger partial charge in [0.1, 0.15) is 5.75 Å². The Bertz CT molecular complexity index is 1060. The van der Waals surface area contributed by atoms with Crippen LogP contribution in [0.4, 0.5) is 5.95 Å². The molecule has 0 spiro atoms. The van der Waals surface area contributed by atoms with Crippen molar-refractivity contribution in [3.05, 3.63) is 53.6 Å². The molecule has 2 aromatic carbocycles. The lowest BCUT2D eigenvalue weighted by Crippen LogP contribution is -2.24. The topological polar surface area (TPSA) is 134 Å². The number of H-pyrrole nitrogens is 1. The summed E-state index contributed by atoms with van der Waals surface area (Å²) in [5.41, 5.74) is 4.06. The summed E-state index contributed by atoms with van der Waals surface area (Å²) >= 11 is 1.19. The van der Waals surface area contributed by atoms with Crippen molar-refractivity contribution in [2.45, 2.75) is 11.7 Å². The first kappa shape index (κ1) is 22.0. The number of rotatable bonds is 10. The number of carbonyl (C=O) groups excluding carboxylic acids is 1. The monoisotopic (exact) mass is 442 g/mol. The van der Waals surface area contributed by atoms with Gasteiger partial charge in [0.2, 0.25) is 17.0 Å². The Hall–Kier alpha value is -3.73. The number of amides is 1. The number of hydrogen-bond donors (Lipinski definition) is 4. The fourth-order valence-electron chi connectivity index (χ4n) is 2.56. The third-order valence-corrected chi connectivity index (χ3v) is 4.94. The lowest BCUT2D eigenvalue weighted by molar-refractivity contribution is -0.118. The number of aromatic nitrogens is 3. The summed E-state index contributed by atoms with van der Waals surface area (Å²) in [7, 11) is 3.07. The van der Waals surface area contributed by atoms with Crippen molar-refractivity contribution in [3.8, 4) is 17.2 Å². The van der Waals surface area contributed by atoms with Gasteiger partial charge < -0.3 is 19.9 Å². The molecule has 0 aliphatic carbocycles. The maximum Gasteiger partial charge on any atom is 0.240 e. The van der Waals surface area contributed by atoms with Gasteiger partial charge in [-0.15, -0.1) is 5.10 Å². The Morgan fingerprint density at radius 2 is 1.97 bits per heavy atom. The maximum atomic E-state index is 12.1. The summed E-state index contributed by atoms with van der Waals surface area (Å²) in [6.45, 7) is 0.371. The summed E-state index contributed by atoms with van der Waals surface area (Å²) in [6.07, 6.45) is 1.43. The van der Waals surface area contributed by atoms with E-state index in [0.717, 1.165) is 11.3 Å². The van der Waals surface area contributed by atoms with Crippen LogP contribution in [0.2, 0.25) is 0 Å². The first-order chi connectivity index (χ1) is 15.1. The van der Waals surface area contributed by atoms with Crippen LogP contribution in [0.5, 0.6) is 17.2 Å². The Morgan fingerprint density at radius 1 is 1.19 bits per heavy atom. The standard InChI is InChI=1S/C20H22N6O4S/c1-29-15-8-4-3-6-13(15)10-21-17(27)12-31-20-23-19(25-26-20)24-22-11-14-7-5-9-16(30-2)18(14)28/h3-9,11,28H,10,12H2,1-2H3,(H,21,27)(H2,23,24,25,26)/b22-11-. The molecule has 10 nitrogen and oxygen atoms in total. The van der Waals surface area contributed by atoms with Crippen molar-refractivity contribution in [2.75, 3.05) is 25.4 Å². The highest BCUT2D eigenvalue weighted by molar-refractivity contribution is 7.99. The number of nitrogens with one attached hydrogen (secondary N) is 3. The molecular weight excluding hydrogens is 420 g/mol. The number of benzene rings is 2. The SMILES string of the molecule is COc1ccccc1CNC(=O)CSc1n[nH]c(N/N=C\c2cccc(OC)c2O)n1. The molecule has 1 heterocycles. The van der Waals surface area contributed by atoms with Gasteiger partial charge in [-0.3, -0.25) is 4.79 Å². The number of aromatic amines is 1. The molecule has 162 valence electrons. The lowest BCUT2D eigenvalue weighted by Gasteiger charge is -2.08. The first-order valence-electron chi connectivity index (χ1n) is 9.19. The normalized spacial score (nSPS) is 10.8. The van der Waals surface area contributed by atoms with E-state index >= 15 is 0 Å². The third kappa shape index (κ3) is 6.12. The Morgan fingerprint density at radius 3 is 2.77 bits per heavy atom. The minimum absolute atomic E-state index is 0.0106. The zero-order valence-electron chi connectivity index (χ0n) is 17.0. The molecule has 0 bridgehead atoms. The van der Waals surface area contributed by atoms with Crippen molar-refractivity contribution in [2.24, 2.45) is 5.10 Å². The molecule has 11 heteroatoms. The Balaban J connectivity index is 1.46. The molecule has 0 fully saturated rings. The van der Waals surface area contributed by atoms with E-state index in [4.69, 9.17) is 9.47 Å². The zero-order chi connectivity index (χ0) is 22.1. The number of para-hydroxylation sites is 2. The highest BCUT2D eigenvalue weighted by Gasteiger charge is 2.09. The number of phenols is 1. The van der Waals surface area contributed by atoms with Crippen LogP contribution in [0.25, 0.3) is 0 Å². The zero-order valence-corrected chi connectivity index (χ0v) is 17.8. The Labute approximate surface area is 183 Å². The molecule has 0 unspecified atom stereocenters. The lowest BCUT2D eigenvalue weighted by atomic mass is 10.2. The van der Waals surface area contributed by atoms with Crippen LogP contribution in [0.3, 0.4) is 0 Å². The van der Waals surface area contributed by atoms with E-state index in [2.05, 4.69) is 31.0 Å². The highest BCUT2D eigenvalue weighted by Crippen LogP contribution is 2.28. The van der Waals surface area contributed by atoms with E-state index in [-0.39, 0.29) is 17.4 Å². The summed E-state index contributed by atoms with van der Waals surface area (Å²) in [4.78, 5) is 16.3. The van der Waals surface area contributed by atoms with Gasteiger partial charge in [-0.25, -0.2) is 10.5 Å². The van der Waals surface area contributed by atoms with Crippen LogP contribution in [0.15, 0.2) is 52.7 Å². The van der Waals surface area contributed by atoms with Gasteiger partial charge in [-0.05, 0) is 18.2 Å². The minimum Gasteiger partial charge on any atom is -0.504 e. The van der Waals surface area contributed by atoms with E-state index in [1.807, 2.05) is 24.3 Å². The molecule has 0 aliphatic rings. The van der Waals surface area contributed by atoms with Crippen molar-refractivity contribution >= 4 is 29.8 Å². The van der Waals surface area contributed by atoms with Gasteiger partial charge in [-0.1, -0.05) is 36.0 Å². The Kier molecular flexibility index (Phi) is 7.71. The number of ether oxygens (including phenoxy) is 2. The average Bonchev–Trinajstić information content (AvgIpc) is 3.25. The molecule has 0 saturated heterocycles. The number of anilines is 1. The van der Waals surface area contributed by atoms with Gasteiger partial charge in [0, 0.05) is 17.7 Å². The fraction of sp³-hybridized carbons (Fsp3) is 0.200. The predicted molar refractivity (Wildman–Crippen MR) is 118 cm³/mol. The smallest absolute Gasteiger partial charge is 0.240 e. The van der Waals surface area contributed by atoms with Crippen molar-refractivity contribution in [1.82, 2.24) is 20.5 Å². The molecular formula is C20H22N6O4S. The summed E-state index contributed by atoms with van der Waals surface area (Å²) in [5.74, 6) is 1.38. The number of nitrogens with zero attached hydrogens (tertiary/aromatic N) is 3. The molecule has 0 saturated carbocycles. The molecule has 3 rings (SSSR count). The molecule has 0 aliphatic heterocycles. The minimum atomic E-state index is -0.151. The van der Waals surface area contributed by atoms with E-state index in [9.17, 15) is 9.90 Å². The van der Waals surface area contributed by atoms with Crippen LogP contribution in [0.1, 0.15) is 11.1 Å². The number of hydrogen-bond acceptors (Lipinski definition) is 9. The second kappa shape index (κ2) is 10.9. The number of aromatic hydroxyl groups is 1. The third-order valence-electron chi connectivity index (χ3n) is 4.09. The van der Waals surface area contributed by atoms with Gasteiger partial charge in [0.15, 0.2) is 11.5 Å². The number of phenolic OH excluding ortho intramolecular Hbond substituents is 1.